The lowest BCUT2D eigenvalue weighted by atomic mass is 9.86. The minimum Gasteiger partial charge on any atom is -0.382 e. The third-order valence-corrected chi connectivity index (χ3v) is 4.36. The first kappa shape index (κ1) is 14.4. The van der Waals surface area contributed by atoms with Gasteiger partial charge >= 0.3 is 0 Å². The van der Waals surface area contributed by atoms with Gasteiger partial charge in [-0.2, -0.15) is 0 Å². The lowest BCUT2D eigenvalue weighted by Crippen LogP contribution is -2.52. The molecule has 2 unspecified atom stereocenters. The van der Waals surface area contributed by atoms with Crippen molar-refractivity contribution in [2.45, 2.75) is 44.8 Å². The fraction of sp³-hybridized carbons (Fsp3) is 0.588. The number of fused-ring (bicyclic) bond motifs is 1. The van der Waals surface area contributed by atoms with E-state index in [2.05, 4.69) is 24.4 Å². The Bertz CT molecular complexity index is 541. The number of carbonyl (C=O) groups excluding carboxylic acids is 1. The van der Waals surface area contributed by atoms with Crippen LogP contribution < -0.4 is 5.32 Å². The summed E-state index contributed by atoms with van der Waals surface area (Å²) < 4.78 is 5.72. The second-order valence-corrected chi connectivity index (χ2v) is 6.79. The summed E-state index contributed by atoms with van der Waals surface area (Å²) in [7, 11) is 0. The monoisotopic (exact) mass is 288 g/mol. The molecule has 3 rings (SSSR count). The molecule has 0 spiro atoms. The van der Waals surface area contributed by atoms with Crippen LogP contribution in [-0.2, 0) is 9.53 Å². The van der Waals surface area contributed by atoms with Gasteiger partial charge in [-0.25, -0.2) is 0 Å². The molecular formula is C17H24N2O2. The molecule has 0 aromatic heterocycles. The van der Waals surface area contributed by atoms with Crippen molar-refractivity contribution in [2.75, 3.05) is 25.0 Å². The summed E-state index contributed by atoms with van der Waals surface area (Å²) in [5, 5.41) is 3.47. The van der Waals surface area contributed by atoms with E-state index >= 15 is 0 Å². The first-order valence-electron chi connectivity index (χ1n) is 7.74. The normalized spacial score (nSPS) is 27.7. The van der Waals surface area contributed by atoms with Crippen molar-refractivity contribution in [3.63, 3.8) is 0 Å². The van der Waals surface area contributed by atoms with E-state index in [9.17, 15) is 4.79 Å². The van der Waals surface area contributed by atoms with E-state index in [1.54, 1.807) is 0 Å². The molecule has 4 nitrogen and oxygen atoms in total. The minimum atomic E-state index is -0.244. The molecule has 1 aromatic rings. The van der Waals surface area contributed by atoms with Crippen LogP contribution in [0.15, 0.2) is 24.3 Å². The van der Waals surface area contributed by atoms with E-state index in [1.165, 1.54) is 0 Å². The lowest BCUT2D eigenvalue weighted by Gasteiger charge is -2.41. The van der Waals surface area contributed by atoms with E-state index in [0.717, 1.165) is 17.7 Å². The van der Waals surface area contributed by atoms with Crippen LogP contribution >= 0.6 is 0 Å². The Kier molecular flexibility index (Phi) is 3.66. The molecule has 1 amide bonds. The molecule has 4 heteroatoms. The highest BCUT2D eigenvalue weighted by atomic mass is 16.5. The van der Waals surface area contributed by atoms with Crippen LogP contribution in [0.1, 0.15) is 38.7 Å². The molecule has 1 saturated heterocycles. The summed E-state index contributed by atoms with van der Waals surface area (Å²) in [5.74, 6) is 0.207. The maximum absolute atomic E-state index is 13.0. The van der Waals surface area contributed by atoms with E-state index in [1.807, 2.05) is 30.9 Å². The number of nitrogens with one attached hydrogen (secondary N) is 1. The molecule has 2 aliphatic heterocycles. The van der Waals surface area contributed by atoms with E-state index in [0.29, 0.717) is 25.7 Å². The van der Waals surface area contributed by atoms with Gasteiger partial charge in [0.15, 0.2) is 0 Å². The molecular weight excluding hydrogens is 264 g/mol. The zero-order valence-electron chi connectivity index (χ0n) is 13.1. The van der Waals surface area contributed by atoms with Gasteiger partial charge in [-0.05, 0) is 38.8 Å². The molecule has 0 bridgehead atoms. The van der Waals surface area contributed by atoms with Crippen molar-refractivity contribution in [3.05, 3.63) is 29.8 Å². The first-order valence-corrected chi connectivity index (χ1v) is 7.74. The number of rotatable bonds is 1. The average Bonchev–Trinajstić information content (AvgIpc) is 2.44. The van der Waals surface area contributed by atoms with Crippen molar-refractivity contribution in [2.24, 2.45) is 0 Å². The van der Waals surface area contributed by atoms with Crippen molar-refractivity contribution in [1.82, 2.24) is 4.90 Å². The molecule has 114 valence electrons. The van der Waals surface area contributed by atoms with Crippen LogP contribution in [0.25, 0.3) is 0 Å². The predicted molar refractivity (Wildman–Crippen MR) is 83.5 cm³/mol. The third-order valence-electron chi connectivity index (χ3n) is 4.36. The second kappa shape index (κ2) is 5.34. The zero-order chi connectivity index (χ0) is 15.0. The first-order chi connectivity index (χ1) is 9.96. The molecule has 21 heavy (non-hydrogen) atoms. The summed E-state index contributed by atoms with van der Waals surface area (Å²) in [5.41, 5.74) is 1.98. The highest BCUT2D eigenvalue weighted by molar-refractivity contribution is 5.86. The van der Waals surface area contributed by atoms with Crippen molar-refractivity contribution < 1.29 is 9.53 Å². The number of amides is 1. The van der Waals surface area contributed by atoms with E-state index < -0.39 is 0 Å². The van der Waals surface area contributed by atoms with Crippen molar-refractivity contribution in [3.8, 4) is 0 Å². The van der Waals surface area contributed by atoms with Gasteiger partial charge < -0.3 is 15.0 Å². The Labute approximate surface area is 126 Å². The fourth-order valence-corrected chi connectivity index (χ4v) is 3.40. The summed E-state index contributed by atoms with van der Waals surface area (Å²) in [6.45, 7) is 8.23. The van der Waals surface area contributed by atoms with Gasteiger partial charge in [0, 0.05) is 24.8 Å². The van der Waals surface area contributed by atoms with Crippen LogP contribution in [0.4, 0.5) is 5.69 Å². The second-order valence-electron chi connectivity index (χ2n) is 6.79. The SMILES string of the molecule is CC1CC(C(=O)N2CCOC(C)(C)C2)c2ccccc2N1. The van der Waals surface area contributed by atoms with E-state index in [4.69, 9.17) is 4.74 Å². The summed E-state index contributed by atoms with van der Waals surface area (Å²) in [4.78, 5) is 15.0. The van der Waals surface area contributed by atoms with Crippen LogP contribution in [0.5, 0.6) is 0 Å². The quantitative estimate of drug-likeness (QED) is 0.863. The molecule has 1 aromatic carbocycles. The molecule has 1 N–H and O–H groups in total. The number of morpholine rings is 1. The van der Waals surface area contributed by atoms with Crippen molar-refractivity contribution in [1.29, 1.82) is 0 Å². The van der Waals surface area contributed by atoms with Crippen molar-refractivity contribution >= 4 is 11.6 Å². The van der Waals surface area contributed by atoms with Crippen LogP contribution in [0.2, 0.25) is 0 Å². The number of hydrogen-bond acceptors (Lipinski definition) is 3. The molecule has 2 aliphatic rings. The number of anilines is 1. The molecule has 0 saturated carbocycles. The molecule has 0 aliphatic carbocycles. The maximum Gasteiger partial charge on any atom is 0.230 e. The Balaban J connectivity index is 1.85. The van der Waals surface area contributed by atoms with Gasteiger partial charge in [-0.1, -0.05) is 18.2 Å². The zero-order valence-corrected chi connectivity index (χ0v) is 13.1. The highest BCUT2D eigenvalue weighted by Gasteiger charge is 2.36. The van der Waals surface area contributed by atoms with Gasteiger partial charge in [0.1, 0.15) is 0 Å². The standard InChI is InChI=1S/C17H24N2O2/c1-12-10-14(13-6-4-5-7-15(13)18-12)16(20)19-8-9-21-17(2,3)11-19/h4-7,12,14,18H,8-11H2,1-3H3. The van der Waals surface area contributed by atoms with Gasteiger partial charge in [0.25, 0.3) is 0 Å². The summed E-state index contributed by atoms with van der Waals surface area (Å²) in [6, 6.07) is 8.49. The Hall–Kier alpha value is -1.55. The Morgan fingerprint density at radius 2 is 2.14 bits per heavy atom. The van der Waals surface area contributed by atoms with Gasteiger partial charge in [-0.3, -0.25) is 4.79 Å². The predicted octanol–water partition coefficient (Wildman–Crippen LogP) is 2.61. The number of hydrogen-bond donors (Lipinski definition) is 1. The molecule has 2 heterocycles. The van der Waals surface area contributed by atoms with Gasteiger partial charge in [0.05, 0.1) is 18.1 Å². The summed E-state index contributed by atoms with van der Waals surface area (Å²) >= 11 is 0. The fourth-order valence-electron chi connectivity index (χ4n) is 3.40. The largest absolute Gasteiger partial charge is 0.382 e. The molecule has 0 radical (unpaired) electrons. The third kappa shape index (κ3) is 2.91. The number of carbonyl (C=O) groups is 1. The van der Waals surface area contributed by atoms with Crippen LogP contribution in [-0.4, -0.2) is 42.1 Å². The Morgan fingerprint density at radius 3 is 2.90 bits per heavy atom. The number of para-hydroxylation sites is 1. The molecule has 1 fully saturated rings. The number of nitrogens with zero attached hydrogens (tertiary/aromatic N) is 1. The molecule has 2 atom stereocenters. The Morgan fingerprint density at radius 1 is 1.38 bits per heavy atom. The smallest absolute Gasteiger partial charge is 0.230 e. The number of ether oxygens (including phenoxy) is 1. The lowest BCUT2D eigenvalue weighted by molar-refractivity contribution is -0.147. The number of benzene rings is 1. The van der Waals surface area contributed by atoms with Crippen LogP contribution in [0, 0.1) is 0 Å². The average molecular weight is 288 g/mol. The maximum atomic E-state index is 13.0. The van der Waals surface area contributed by atoms with E-state index in [-0.39, 0.29) is 17.4 Å². The highest BCUT2D eigenvalue weighted by Crippen LogP contribution is 2.36. The topological polar surface area (TPSA) is 41.6 Å². The minimum absolute atomic E-state index is 0.0358. The van der Waals surface area contributed by atoms with Crippen LogP contribution in [0.3, 0.4) is 0 Å². The van der Waals surface area contributed by atoms with Gasteiger partial charge in [0.2, 0.25) is 5.91 Å². The summed E-state index contributed by atoms with van der Waals surface area (Å²) in [6.07, 6.45) is 0.855. The van der Waals surface area contributed by atoms with Gasteiger partial charge in [-0.15, -0.1) is 0 Å².